The molecule has 0 fully saturated rings. The van der Waals surface area contributed by atoms with E-state index < -0.39 is 0 Å². The van der Waals surface area contributed by atoms with E-state index in [1.54, 1.807) is 18.6 Å². The lowest BCUT2D eigenvalue weighted by Crippen LogP contribution is -1.84. The molecule has 0 bridgehead atoms. The summed E-state index contributed by atoms with van der Waals surface area (Å²) in [5.74, 6) is 0. The van der Waals surface area contributed by atoms with Gasteiger partial charge < -0.3 is 0 Å². The van der Waals surface area contributed by atoms with Gasteiger partial charge in [-0.2, -0.15) is 5.10 Å². The predicted octanol–water partition coefficient (Wildman–Crippen LogP) is 0.734. The lowest BCUT2D eigenvalue weighted by Gasteiger charge is -1.95. The van der Waals surface area contributed by atoms with Gasteiger partial charge in [0.25, 0.3) is 0 Å². The van der Waals surface area contributed by atoms with Crippen LogP contribution in [0.3, 0.4) is 0 Å². The van der Waals surface area contributed by atoms with E-state index in [0.29, 0.717) is 0 Å². The highest BCUT2D eigenvalue weighted by Gasteiger charge is 1.96. The molecule has 4 nitrogen and oxygen atoms in total. The van der Waals surface area contributed by atoms with Crippen LogP contribution < -0.4 is 0 Å². The van der Waals surface area contributed by atoms with Crippen molar-refractivity contribution in [3.8, 4) is 11.1 Å². The highest BCUT2D eigenvalue weighted by Crippen LogP contribution is 2.12. The molecule has 12 heavy (non-hydrogen) atoms. The minimum absolute atomic E-state index is 0.852. The van der Waals surface area contributed by atoms with Gasteiger partial charge in [0.2, 0.25) is 0 Å². The van der Waals surface area contributed by atoms with Crippen molar-refractivity contribution in [3.05, 3.63) is 37.2 Å². The first-order valence-corrected chi connectivity index (χ1v) is 3.41. The molecule has 2 aromatic heterocycles. The average Bonchev–Trinajstić information content (AvgIpc) is 2.21. The van der Waals surface area contributed by atoms with E-state index in [1.807, 2.05) is 6.07 Å². The summed E-state index contributed by atoms with van der Waals surface area (Å²) in [6, 6.07) is 1.81. The lowest BCUT2D eigenvalue weighted by molar-refractivity contribution is 1.02. The van der Waals surface area contributed by atoms with Crippen LogP contribution in [0.25, 0.3) is 11.1 Å². The Balaban J connectivity index is 2.46. The summed E-state index contributed by atoms with van der Waals surface area (Å²) in [5.41, 5.74) is 1.75. The maximum atomic E-state index is 3.88. The van der Waals surface area contributed by atoms with Crippen molar-refractivity contribution in [1.82, 2.24) is 20.2 Å². The second-order valence-electron chi connectivity index (χ2n) is 2.18. The Morgan fingerprint density at radius 1 is 1.17 bits per heavy atom. The first kappa shape index (κ1) is 6.84. The SMILES string of the molecule is [c]1nnccc1-c1cncnc1. The van der Waals surface area contributed by atoms with Crippen LogP contribution in [-0.2, 0) is 0 Å². The van der Waals surface area contributed by atoms with Crippen LogP contribution in [0.5, 0.6) is 0 Å². The number of nitrogens with zero attached hydrogens (tertiary/aromatic N) is 4. The summed E-state index contributed by atoms with van der Waals surface area (Å²) in [6.07, 6.45) is 9.26. The fourth-order valence-corrected chi connectivity index (χ4v) is 0.860. The summed E-state index contributed by atoms with van der Waals surface area (Å²) in [7, 11) is 0. The van der Waals surface area contributed by atoms with Gasteiger partial charge in [-0.15, -0.1) is 5.10 Å². The monoisotopic (exact) mass is 157 g/mol. The molecule has 0 spiro atoms. The van der Waals surface area contributed by atoms with Crippen LogP contribution in [0.1, 0.15) is 0 Å². The fourth-order valence-electron chi connectivity index (χ4n) is 0.860. The molecule has 0 N–H and O–H groups in total. The maximum Gasteiger partial charge on any atom is 0.122 e. The molecule has 0 unspecified atom stereocenters. The molecule has 4 heteroatoms. The number of aromatic nitrogens is 4. The number of rotatable bonds is 1. The zero-order chi connectivity index (χ0) is 8.23. The first-order chi connectivity index (χ1) is 5.97. The van der Waals surface area contributed by atoms with Gasteiger partial charge in [-0.05, 0) is 6.07 Å². The predicted molar refractivity (Wildman–Crippen MR) is 41.9 cm³/mol. The van der Waals surface area contributed by atoms with Crippen LogP contribution in [-0.4, -0.2) is 20.2 Å². The normalized spacial score (nSPS) is 9.67. The molecule has 0 saturated carbocycles. The molecular weight excluding hydrogens is 152 g/mol. The Morgan fingerprint density at radius 3 is 2.67 bits per heavy atom. The summed E-state index contributed by atoms with van der Waals surface area (Å²) >= 11 is 0. The summed E-state index contributed by atoms with van der Waals surface area (Å²) in [6.45, 7) is 0. The number of hydrogen-bond acceptors (Lipinski definition) is 4. The van der Waals surface area contributed by atoms with Crippen molar-refractivity contribution in [2.45, 2.75) is 0 Å². The van der Waals surface area contributed by atoms with E-state index in [0.717, 1.165) is 11.1 Å². The Bertz CT molecular complexity index is 308. The lowest BCUT2D eigenvalue weighted by atomic mass is 10.2. The molecule has 2 rings (SSSR count). The fraction of sp³-hybridized carbons (Fsp3) is 0. The zero-order valence-corrected chi connectivity index (χ0v) is 6.18. The van der Waals surface area contributed by atoms with Gasteiger partial charge >= 0.3 is 0 Å². The van der Waals surface area contributed by atoms with Gasteiger partial charge in [-0.3, -0.25) is 0 Å². The second-order valence-corrected chi connectivity index (χ2v) is 2.18. The Hall–Kier alpha value is -1.84. The highest BCUT2D eigenvalue weighted by molar-refractivity contribution is 5.58. The van der Waals surface area contributed by atoms with Crippen LogP contribution in [0, 0.1) is 6.20 Å². The first-order valence-electron chi connectivity index (χ1n) is 3.41. The molecule has 1 radical (unpaired) electrons. The van der Waals surface area contributed by atoms with Crippen molar-refractivity contribution in [3.63, 3.8) is 0 Å². The third-order valence-electron chi connectivity index (χ3n) is 1.41. The molecule has 0 aliphatic heterocycles. The Labute approximate surface area is 69.3 Å². The van der Waals surface area contributed by atoms with Gasteiger partial charge in [-0.25, -0.2) is 9.97 Å². The Kier molecular flexibility index (Phi) is 1.74. The van der Waals surface area contributed by atoms with Gasteiger partial charge in [0.1, 0.15) is 12.5 Å². The third kappa shape index (κ3) is 1.27. The van der Waals surface area contributed by atoms with Gasteiger partial charge in [0, 0.05) is 23.5 Å². The Morgan fingerprint density at radius 2 is 2.00 bits per heavy atom. The van der Waals surface area contributed by atoms with Gasteiger partial charge in [-0.1, -0.05) is 0 Å². The van der Waals surface area contributed by atoms with Crippen LogP contribution >= 0.6 is 0 Å². The minimum atomic E-state index is 0.852. The van der Waals surface area contributed by atoms with Crippen LogP contribution in [0.4, 0.5) is 0 Å². The average molecular weight is 157 g/mol. The van der Waals surface area contributed by atoms with E-state index in [1.165, 1.54) is 6.33 Å². The molecule has 0 aromatic carbocycles. The second kappa shape index (κ2) is 3.04. The van der Waals surface area contributed by atoms with Gasteiger partial charge in [0.05, 0.1) is 6.20 Å². The maximum absolute atomic E-state index is 3.88. The van der Waals surface area contributed by atoms with E-state index >= 15 is 0 Å². The molecular formula is C8H5N4. The zero-order valence-electron chi connectivity index (χ0n) is 6.18. The van der Waals surface area contributed by atoms with E-state index in [2.05, 4.69) is 26.4 Å². The molecule has 2 heterocycles. The van der Waals surface area contributed by atoms with Crippen molar-refractivity contribution >= 4 is 0 Å². The van der Waals surface area contributed by atoms with Crippen molar-refractivity contribution < 1.29 is 0 Å². The highest BCUT2D eigenvalue weighted by atomic mass is 15.1. The van der Waals surface area contributed by atoms with Crippen molar-refractivity contribution in [2.24, 2.45) is 0 Å². The summed E-state index contributed by atoms with van der Waals surface area (Å²) in [4.78, 5) is 7.76. The van der Waals surface area contributed by atoms with Crippen molar-refractivity contribution in [2.75, 3.05) is 0 Å². The minimum Gasteiger partial charge on any atom is -0.244 e. The molecule has 57 valence electrons. The van der Waals surface area contributed by atoms with E-state index in [9.17, 15) is 0 Å². The number of hydrogen-bond donors (Lipinski definition) is 0. The van der Waals surface area contributed by atoms with E-state index in [4.69, 9.17) is 0 Å². The molecule has 0 aliphatic carbocycles. The molecule has 0 amide bonds. The van der Waals surface area contributed by atoms with Crippen LogP contribution in [0.2, 0.25) is 0 Å². The van der Waals surface area contributed by atoms with Crippen LogP contribution in [0.15, 0.2) is 31.0 Å². The molecule has 0 aliphatic rings. The summed E-state index contributed by atoms with van der Waals surface area (Å²) in [5, 5.41) is 7.26. The molecule has 0 saturated heterocycles. The largest absolute Gasteiger partial charge is 0.244 e. The smallest absolute Gasteiger partial charge is 0.122 e. The van der Waals surface area contributed by atoms with E-state index in [-0.39, 0.29) is 0 Å². The topological polar surface area (TPSA) is 51.6 Å². The standard InChI is InChI=1S/C8H5N4/c1-2-11-12-5-7(1)8-3-9-6-10-4-8/h1-4,6H. The quantitative estimate of drug-likeness (QED) is 0.612. The van der Waals surface area contributed by atoms with Crippen molar-refractivity contribution in [1.29, 1.82) is 0 Å². The van der Waals surface area contributed by atoms with Gasteiger partial charge in [0.15, 0.2) is 0 Å². The molecule has 2 aromatic rings. The summed E-state index contributed by atoms with van der Waals surface area (Å²) < 4.78 is 0. The molecule has 0 atom stereocenters. The third-order valence-corrected chi connectivity index (χ3v) is 1.41.